The summed E-state index contributed by atoms with van der Waals surface area (Å²) in [6.45, 7) is 1.77. The Balaban J connectivity index is 1.54. The van der Waals surface area contributed by atoms with E-state index in [4.69, 9.17) is 9.15 Å². The lowest BCUT2D eigenvalue weighted by Gasteiger charge is -2.13. The monoisotopic (exact) mass is 462 g/mol. The van der Waals surface area contributed by atoms with E-state index in [9.17, 15) is 19.7 Å². The summed E-state index contributed by atoms with van der Waals surface area (Å²) in [4.78, 5) is 35.7. The lowest BCUT2D eigenvalue weighted by Crippen LogP contribution is -2.22. The molecule has 0 aliphatic heterocycles. The maximum atomic E-state index is 12.9. The van der Waals surface area contributed by atoms with Gasteiger partial charge in [0.25, 0.3) is 17.5 Å². The zero-order valence-corrected chi connectivity index (χ0v) is 18.6. The number of aryl methyl sites for hydroxylation is 1. The number of anilines is 1. The number of non-ortho nitro benzene ring substituents is 1. The van der Waals surface area contributed by atoms with Crippen molar-refractivity contribution in [3.8, 4) is 5.75 Å². The van der Waals surface area contributed by atoms with Gasteiger partial charge in [0.05, 0.1) is 17.7 Å². The van der Waals surface area contributed by atoms with Crippen molar-refractivity contribution >= 4 is 28.9 Å². The number of methoxy groups -OCH3 is 1. The minimum Gasteiger partial charge on any atom is -0.497 e. The Morgan fingerprint density at radius 2 is 1.88 bits per heavy atom. The highest BCUT2D eigenvalue weighted by Gasteiger charge is 2.28. The smallest absolute Gasteiger partial charge is 0.291 e. The van der Waals surface area contributed by atoms with Gasteiger partial charge < -0.3 is 14.5 Å². The maximum absolute atomic E-state index is 12.9. The van der Waals surface area contributed by atoms with Gasteiger partial charge in [-0.3, -0.25) is 19.7 Å². The van der Waals surface area contributed by atoms with Gasteiger partial charge in [0.1, 0.15) is 11.5 Å². The molecule has 0 bridgehead atoms. The Labute approximate surface area is 194 Å². The number of carbonyl (C=O) groups excluding carboxylic acids is 2. The molecule has 0 atom stereocenters. The highest BCUT2D eigenvalue weighted by Crippen LogP contribution is 2.30. The summed E-state index contributed by atoms with van der Waals surface area (Å²) in [5.74, 6) is 0.530. The van der Waals surface area contributed by atoms with Crippen LogP contribution in [0.15, 0.2) is 58.0 Å². The predicted octanol–water partition coefficient (Wildman–Crippen LogP) is 4.23. The molecule has 2 aromatic carbocycles. The highest BCUT2D eigenvalue weighted by atomic mass is 16.6. The molecular formula is C24H22N4O6. The number of rotatable bonds is 6. The summed E-state index contributed by atoms with van der Waals surface area (Å²) in [5.41, 5.74) is 4.92. The Kier molecular flexibility index (Phi) is 6.39. The van der Waals surface area contributed by atoms with E-state index in [1.54, 1.807) is 38.3 Å². The zero-order valence-electron chi connectivity index (χ0n) is 18.6. The third kappa shape index (κ3) is 4.65. The van der Waals surface area contributed by atoms with E-state index in [0.29, 0.717) is 46.9 Å². The molecule has 0 spiro atoms. The van der Waals surface area contributed by atoms with Gasteiger partial charge >= 0.3 is 0 Å². The molecule has 0 saturated heterocycles. The topological polar surface area (TPSA) is 136 Å². The number of ether oxygens (including phenoxy) is 1. The first kappa shape index (κ1) is 22.7. The number of benzene rings is 2. The van der Waals surface area contributed by atoms with Crippen molar-refractivity contribution in [3.63, 3.8) is 0 Å². The second kappa shape index (κ2) is 9.57. The quantitative estimate of drug-likeness (QED) is 0.416. The minimum absolute atomic E-state index is 0.123. The van der Waals surface area contributed by atoms with Crippen LogP contribution in [0.3, 0.4) is 0 Å². The summed E-state index contributed by atoms with van der Waals surface area (Å²) < 4.78 is 11.0. The van der Waals surface area contributed by atoms with Crippen molar-refractivity contribution in [1.82, 2.24) is 5.43 Å². The van der Waals surface area contributed by atoms with E-state index in [1.165, 1.54) is 24.3 Å². The largest absolute Gasteiger partial charge is 0.497 e. The SMILES string of the molecule is COc1ccc(NC(=O)c2oc3c(c2C)/C(=N/NC(=O)c2cccc([N+](=O)[O-])c2)CCC3)cc1. The fourth-order valence-electron chi connectivity index (χ4n) is 3.80. The third-order valence-corrected chi connectivity index (χ3v) is 5.49. The van der Waals surface area contributed by atoms with Gasteiger partial charge in [0.2, 0.25) is 0 Å². The van der Waals surface area contributed by atoms with Gasteiger partial charge in [-0.2, -0.15) is 5.10 Å². The first-order valence-corrected chi connectivity index (χ1v) is 10.6. The number of fused-ring (bicyclic) bond motifs is 1. The first-order chi connectivity index (χ1) is 16.4. The average Bonchev–Trinajstić information content (AvgIpc) is 3.20. The molecule has 2 amide bonds. The molecule has 0 saturated carbocycles. The van der Waals surface area contributed by atoms with Crippen LogP contribution in [0.2, 0.25) is 0 Å². The minimum atomic E-state index is -0.568. The van der Waals surface area contributed by atoms with Gasteiger partial charge in [-0.1, -0.05) is 6.07 Å². The van der Waals surface area contributed by atoms with Crippen LogP contribution in [0.1, 0.15) is 50.6 Å². The lowest BCUT2D eigenvalue weighted by atomic mass is 9.93. The second-order valence-electron chi connectivity index (χ2n) is 7.70. The number of nitrogens with one attached hydrogen (secondary N) is 2. The Morgan fingerprint density at radius 1 is 1.12 bits per heavy atom. The van der Waals surface area contributed by atoms with Gasteiger partial charge in [-0.25, -0.2) is 5.43 Å². The molecule has 3 aromatic rings. The number of nitrogens with zero attached hydrogens (tertiary/aromatic N) is 2. The maximum Gasteiger partial charge on any atom is 0.291 e. The number of furan rings is 1. The van der Waals surface area contributed by atoms with Crippen LogP contribution in [0, 0.1) is 17.0 Å². The normalized spacial score (nSPS) is 13.8. The fraction of sp³-hybridized carbons (Fsp3) is 0.208. The van der Waals surface area contributed by atoms with Crippen molar-refractivity contribution in [2.45, 2.75) is 26.2 Å². The molecule has 0 unspecified atom stereocenters. The molecule has 10 nitrogen and oxygen atoms in total. The van der Waals surface area contributed by atoms with E-state index in [2.05, 4.69) is 15.8 Å². The van der Waals surface area contributed by atoms with Crippen molar-refractivity contribution in [3.05, 3.63) is 86.9 Å². The number of carbonyl (C=O) groups is 2. The lowest BCUT2D eigenvalue weighted by molar-refractivity contribution is -0.384. The number of hydrogen-bond acceptors (Lipinski definition) is 7. The molecule has 4 rings (SSSR count). The molecule has 0 radical (unpaired) electrons. The molecule has 0 fully saturated rings. The van der Waals surface area contributed by atoms with E-state index in [1.807, 2.05) is 0 Å². The Morgan fingerprint density at radius 3 is 2.59 bits per heavy atom. The van der Waals surface area contributed by atoms with Gasteiger partial charge in [0, 0.05) is 40.9 Å². The zero-order chi connectivity index (χ0) is 24.2. The fourth-order valence-corrected chi connectivity index (χ4v) is 3.80. The molecule has 1 aromatic heterocycles. The molecule has 2 N–H and O–H groups in total. The van der Waals surface area contributed by atoms with Crippen molar-refractivity contribution in [1.29, 1.82) is 0 Å². The molecule has 1 heterocycles. The average molecular weight is 462 g/mol. The number of hydrazone groups is 1. The predicted molar refractivity (Wildman–Crippen MR) is 124 cm³/mol. The van der Waals surface area contributed by atoms with E-state index in [-0.39, 0.29) is 17.0 Å². The Hall–Kier alpha value is -4.47. The summed E-state index contributed by atoms with van der Waals surface area (Å²) >= 11 is 0. The van der Waals surface area contributed by atoms with Crippen LogP contribution in [0.25, 0.3) is 0 Å². The summed E-state index contributed by atoms with van der Waals surface area (Å²) in [6, 6.07) is 12.3. The molecule has 1 aliphatic carbocycles. The van der Waals surface area contributed by atoms with Crippen molar-refractivity contribution in [2.24, 2.45) is 5.10 Å². The van der Waals surface area contributed by atoms with Crippen molar-refractivity contribution in [2.75, 3.05) is 12.4 Å². The molecule has 10 heteroatoms. The van der Waals surface area contributed by atoms with Crippen LogP contribution in [-0.2, 0) is 6.42 Å². The van der Waals surface area contributed by atoms with Crippen LogP contribution >= 0.6 is 0 Å². The van der Waals surface area contributed by atoms with Crippen LogP contribution < -0.4 is 15.5 Å². The number of nitro benzene ring substituents is 1. The van der Waals surface area contributed by atoms with E-state index < -0.39 is 16.7 Å². The highest BCUT2D eigenvalue weighted by molar-refractivity contribution is 6.09. The van der Waals surface area contributed by atoms with E-state index >= 15 is 0 Å². The Bertz CT molecular complexity index is 1290. The van der Waals surface area contributed by atoms with Crippen LogP contribution in [0.4, 0.5) is 11.4 Å². The number of nitro groups is 1. The first-order valence-electron chi connectivity index (χ1n) is 10.6. The van der Waals surface area contributed by atoms with Crippen molar-refractivity contribution < 1.29 is 23.7 Å². The van der Waals surface area contributed by atoms with Gasteiger partial charge in [-0.15, -0.1) is 0 Å². The third-order valence-electron chi connectivity index (χ3n) is 5.49. The van der Waals surface area contributed by atoms with Gasteiger partial charge in [0.15, 0.2) is 5.76 Å². The summed E-state index contributed by atoms with van der Waals surface area (Å²) in [7, 11) is 1.57. The number of amides is 2. The molecule has 34 heavy (non-hydrogen) atoms. The van der Waals surface area contributed by atoms with Gasteiger partial charge in [-0.05, 0) is 50.1 Å². The summed E-state index contributed by atoms with van der Waals surface area (Å²) in [6.07, 6.45) is 1.97. The van der Waals surface area contributed by atoms with Crippen LogP contribution in [0.5, 0.6) is 5.75 Å². The van der Waals surface area contributed by atoms with E-state index in [0.717, 1.165) is 6.42 Å². The van der Waals surface area contributed by atoms with Crippen LogP contribution in [-0.4, -0.2) is 29.6 Å². The second-order valence-corrected chi connectivity index (χ2v) is 7.70. The number of hydrogen-bond donors (Lipinski definition) is 2. The molecule has 174 valence electrons. The summed E-state index contributed by atoms with van der Waals surface area (Å²) in [5, 5.41) is 18.0. The standard InChI is InChI=1S/C24H22N4O6/c1-14-21-19(26-27-23(29)15-5-3-6-17(13-15)28(31)32)7-4-8-20(21)34-22(14)24(30)25-16-9-11-18(33-2)12-10-16/h3,5-6,9-13H,4,7-8H2,1-2H3,(H,25,30)(H,27,29)/b26-19+. The molecule has 1 aliphatic rings. The molecular weight excluding hydrogens is 440 g/mol.